The molecule has 7 nitrogen and oxygen atoms in total. The number of nitrogens with zero attached hydrogens (tertiary/aromatic N) is 2. The molecule has 7 heteroatoms. The number of imidazole rings is 1. The van der Waals surface area contributed by atoms with Crippen molar-refractivity contribution in [1.29, 1.82) is 0 Å². The summed E-state index contributed by atoms with van der Waals surface area (Å²) in [5.41, 5.74) is 0.600. The lowest BCUT2D eigenvalue weighted by molar-refractivity contribution is 0.0696. The molecule has 86 valence electrons. The first-order valence-corrected chi connectivity index (χ1v) is 4.65. The Balaban J connectivity index is 2.16. The van der Waals surface area contributed by atoms with Crippen LogP contribution in [0, 0.1) is 0 Å². The van der Waals surface area contributed by atoms with Crippen molar-refractivity contribution in [2.45, 2.75) is 0 Å². The normalized spacial score (nSPS) is 9.88. The number of carboxylic acid groups (broad SMARTS) is 1. The number of rotatable bonds is 3. The van der Waals surface area contributed by atoms with Crippen molar-refractivity contribution >= 4 is 17.6 Å². The molecule has 3 N–H and O–H groups in total. The molecular formula is C10H8N4O3. The smallest absolute Gasteiger partial charge is 0.337 e. The van der Waals surface area contributed by atoms with Crippen molar-refractivity contribution in [2.24, 2.45) is 0 Å². The molecule has 0 saturated carbocycles. The van der Waals surface area contributed by atoms with E-state index in [0.717, 1.165) is 0 Å². The summed E-state index contributed by atoms with van der Waals surface area (Å²) >= 11 is 0. The Morgan fingerprint density at radius 3 is 2.71 bits per heavy atom. The topological polar surface area (TPSA) is 108 Å². The molecule has 0 aliphatic carbocycles. The van der Waals surface area contributed by atoms with Gasteiger partial charge in [-0.05, 0) is 6.07 Å². The number of aromatic nitrogens is 3. The quantitative estimate of drug-likeness (QED) is 0.723. The minimum Gasteiger partial charge on any atom is -0.478 e. The van der Waals surface area contributed by atoms with E-state index in [2.05, 4.69) is 20.3 Å². The molecule has 2 aromatic heterocycles. The van der Waals surface area contributed by atoms with E-state index in [1.165, 1.54) is 31.0 Å². The molecule has 0 aliphatic rings. The zero-order chi connectivity index (χ0) is 12.3. The van der Waals surface area contributed by atoms with Crippen LogP contribution < -0.4 is 5.32 Å². The molecule has 0 saturated heterocycles. The summed E-state index contributed by atoms with van der Waals surface area (Å²) in [6, 6.07) is 1.32. The molecule has 2 rings (SSSR count). The highest BCUT2D eigenvalue weighted by molar-refractivity contribution is 6.03. The molecule has 0 bridgehead atoms. The van der Waals surface area contributed by atoms with Gasteiger partial charge in [0.25, 0.3) is 5.91 Å². The fraction of sp³-hybridized carbons (Fsp3) is 0. The monoisotopic (exact) mass is 232 g/mol. The van der Waals surface area contributed by atoms with E-state index in [9.17, 15) is 9.59 Å². The Morgan fingerprint density at radius 1 is 1.24 bits per heavy atom. The van der Waals surface area contributed by atoms with Crippen molar-refractivity contribution < 1.29 is 14.7 Å². The predicted molar refractivity (Wildman–Crippen MR) is 57.7 cm³/mol. The van der Waals surface area contributed by atoms with E-state index in [0.29, 0.717) is 5.69 Å². The van der Waals surface area contributed by atoms with E-state index in [1.54, 1.807) is 0 Å². The lowest BCUT2D eigenvalue weighted by Gasteiger charge is -2.03. The Morgan fingerprint density at radius 2 is 2.06 bits per heavy atom. The summed E-state index contributed by atoms with van der Waals surface area (Å²) in [6.07, 6.45) is 5.31. The van der Waals surface area contributed by atoms with Gasteiger partial charge in [0.05, 0.1) is 30.0 Å². The van der Waals surface area contributed by atoms with E-state index in [1.807, 2.05) is 0 Å². The number of hydrogen-bond donors (Lipinski definition) is 3. The molecule has 0 aromatic carbocycles. The van der Waals surface area contributed by atoms with Crippen LogP contribution in [-0.4, -0.2) is 31.9 Å². The van der Waals surface area contributed by atoms with Crippen LogP contribution in [-0.2, 0) is 0 Å². The number of hydrogen-bond acceptors (Lipinski definition) is 4. The van der Waals surface area contributed by atoms with Gasteiger partial charge in [-0.2, -0.15) is 0 Å². The molecular weight excluding hydrogens is 224 g/mol. The Bertz CT molecular complexity index is 550. The van der Waals surface area contributed by atoms with Gasteiger partial charge in [-0.15, -0.1) is 0 Å². The van der Waals surface area contributed by atoms with Gasteiger partial charge in [0.15, 0.2) is 0 Å². The molecule has 0 radical (unpaired) electrons. The van der Waals surface area contributed by atoms with Crippen LogP contribution in [0.15, 0.2) is 31.0 Å². The fourth-order valence-electron chi connectivity index (χ4n) is 1.20. The number of aromatic amines is 1. The predicted octanol–water partition coefficient (Wildman–Crippen LogP) is 0.755. The maximum atomic E-state index is 11.6. The Hall–Kier alpha value is -2.70. The zero-order valence-electron chi connectivity index (χ0n) is 8.54. The summed E-state index contributed by atoms with van der Waals surface area (Å²) < 4.78 is 0. The van der Waals surface area contributed by atoms with Crippen LogP contribution >= 0.6 is 0 Å². The second-order valence-corrected chi connectivity index (χ2v) is 3.19. The molecule has 0 fully saturated rings. The summed E-state index contributed by atoms with van der Waals surface area (Å²) in [5.74, 6) is -1.51. The second kappa shape index (κ2) is 4.44. The summed E-state index contributed by atoms with van der Waals surface area (Å²) in [5, 5.41) is 11.3. The number of nitrogens with one attached hydrogen (secondary N) is 2. The third-order valence-electron chi connectivity index (χ3n) is 1.99. The van der Waals surface area contributed by atoms with Gasteiger partial charge in [0, 0.05) is 6.20 Å². The second-order valence-electron chi connectivity index (χ2n) is 3.19. The molecule has 17 heavy (non-hydrogen) atoms. The zero-order valence-corrected chi connectivity index (χ0v) is 8.54. The van der Waals surface area contributed by atoms with Crippen molar-refractivity contribution in [2.75, 3.05) is 5.32 Å². The lowest BCUT2D eigenvalue weighted by Crippen LogP contribution is -2.13. The number of H-pyrrole nitrogens is 1. The highest BCUT2D eigenvalue weighted by Gasteiger charge is 2.09. The van der Waals surface area contributed by atoms with Crippen LogP contribution in [0.25, 0.3) is 0 Å². The van der Waals surface area contributed by atoms with Crippen LogP contribution in [0.4, 0.5) is 5.69 Å². The van der Waals surface area contributed by atoms with Gasteiger partial charge in [-0.3, -0.25) is 9.78 Å². The molecule has 0 unspecified atom stereocenters. The van der Waals surface area contributed by atoms with Gasteiger partial charge in [-0.1, -0.05) is 0 Å². The minimum atomic E-state index is -1.10. The van der Waals surface area contributed by atoms with Gasteiger partial charge in [0.1, 0.15) is 5.69 Å². The number of anilines is 1. The molecule has 2 heterocycles. The number of pyridine rings is 1. The average Bonchev–Trinajstić information content (AvgIpc) is 2.82. The van der Waals surface area contributed by atoms with Crippen molar-refractivity contribution in [3.05, 3.63) is 42.2 Å². The molecule has 0 spiro atoms. The number of carbonyl (C=O) groups excluding carboxylic acids is 1. The van der Waals surface area contributed by atoms with Crippen LogP contribution in [0.5, 0.6) is 0 Å². The Labute approximate surface area is 95.5 Å². The maximum absolute atomic E-state index is 11.6. The standard InChI is InChI=1S/C10H8N4O3/c15-9(8-4-12-5-13-8)14-7-1-6(10(16)17)2-11-3-7/h1-5H,(H,12,13)(H,14,15)(H,16,17). The van der Waals surface area contributed by atoms with Crippen LogP contribution in [0.2, 0.25) is 0 Å². The third-order valence-corrected chi connectivity index (χ3v) is 1.99. The highest BCUT2D eigenvalue weighted by Crippen LogP contribution is 2.09. The summed E-state index contributed by atoms with van der Waals surface area (Å²) in [6.45, 7) is 0. The van der Waals surface area contributed by atoms with Crippen molar-refractivity contribution in [1.82, 2.24) is 15.0 Å². The van der Waals surface area contributed by atoms with Gasteiger partial charge < -0.3 is 15.4 Å². The SMILES string of the molecule is O=C(O)c1cncc(NC(=O)c2cnc[nH]2)c1. The van der Waals surface area contributed by atoms with Crippen molar-refractivity contribution in [3.8, 4) is 0 Å². The van der Waals surface area contributed by atoms with E-state index < -0.39 is 11.9 Å². The number of carbonyl (C=O) groups is 2. The average molecular weight is 232 g/mol. The molecule has 0 atom stereocenters. The first kappa shape index (κ1) is 10.8. The summed E-state index contributed by atoms with van der Waals surface area (Å²) in [4.78, 5) is 32.4. The number of amides is 1. The van der Waals surface area contributed by atoms with Gasteiger partial charge in [-0.25, -0.2) is 9.78 Å². The first-order chi connectivity index (χ1) is 8.16. The van der Waals surface area contributed by atoms with Crippen LogP contribution in [0.1, 0.15) is 20.8 Å². The van der Waals surface area contributed by atoms with Gasteiger partial charge in [0.2, 0.25) is 0 Å². The number of aromatic carboxylic acids is 1. The van der Waals surface area contributed by atoms with E-state index >= 15 is 0 Å². The van der Waals surface area contributed by atoms with E-state index in [-0.39, 0.29) is 11.3 Å². The number of carboxylic acids is 1. The highest BCUT2D eigenvalue weighted by atomic mass is 16.4. The molecule has 1 amide bonds. The first-order valence-electron chi connectivity index (χ1n) is 4.65. The summed E-state index contributed by atoms with van der Waals surface area (Å²) in [7, 11) is 0. The van der Waals surface area contributed by atoms with Gasteiger partial charge >= 0.3 is 5.97 Å². The van der Waals surface area contributed by atoms with Crippen molar-refractivity contribution in [3.63, 3.8) is 0 Å². The van der Waals surface area contributed by atoms with Crippen LogP contribution in [0.3, 0.4) is 0 Å². The molecule has 2 aromatic rings. The Kier molecular flexibility index (Phi) is 2.82. The fourth-order valence-corrected chi connectivity index (χ4v) is 1.20. The van der Waals surface area contributed by atoms with E-state index in [4.69, 9.17) is 5.11 Å². The third kappa shape index (κ3) is 2.46. The largest absolute Gasteiger partial charge is 0.478 e. The lowest BCUT2D eigenvalue weighted by atomic mass is 10.2. The minimum absolute atomic E-state index is 0.00686. The maximum Gasteiger partial charge on any atom is 0.337 e. The molecule has 0 aliphatic heterocycles.